The third-order valence-electron chi connectivity index (χ3n) is 2.78. The van der Waals surface area contributed by atoms with Gasteiger partial charge in [0.05, 0.1) is 11.6 Å². The number of methoxy groups -OCH3 is 1. The Kier molecular flexibility index (Phi) is 5.02. The van der Waals surface area contributed by atoms with E-state index < -0.39 is 0 Å². The maximum atomic E-state index is 9.71. The van der Waals surface area contributed by atoms with Crippen molar-refractivity contribution in [3.63, 3.8) is 0 Å². The van der Waals surface area contributed by atoms with E-state index in [2.05, 4.69) is 41.2 Å². The van der Waals surface area contributed by atoms with Crippen LogP contribution in [0.2, 0.25) is 0 Å². The van der Waals surface area contributed by atoms with Crippen molar-refractivity contribution in [1.82, 2.24) is 5.32 Å². The maximum Gasteiger partial charge on any atom is 0.172 e. The van der Waals surface area contributed by atoms with Gasteiger partial charge in [0.25, 0.3) is 0 Å². The van der Waals surface area contributed by atoms with Crippen molar-refractivity contribution >= 4 is 22.0 Å². The van der Waals surface area contributed by atoms with E-state index in [0.29, 0.717) is 16.3 Å². The molecule has 0 saturated heterocycles. The van der Waals surface area contributed by atoms with Crippen LogP contribution in [0.25, 0.3) is 6.08 Å². The van der Waals surface area contributed by atoms with Gasteiger partial charge in [-0.1, -0.05) is 11.6 Å². The van der Waals surface area contributed by atoms with Crippen LogP contribution < -0.4 is 10.1 Å². The molecule has 1 aromatic rings. The number of ether oxygens (including phenoxy) is 1. The van der Waals surface area contributed by atoms with E-state index in [1.54, 1.807) is 0 Å². The molecule has 1 unspecified atom stereocenters. The standard InChI is InChI=1S/C13H18BrNO2/c1-8(9(2)15-3)5-10-6-11(14)13(16)12(7-10)17-4/h5-7,9,15-16H,1-4H3/b8-5+. The smallest absolute Gasteiger partial charge is 0.172 e. The summed E-state index contributed by atoms with van der Waals surface area (Å²) in [5.74, 6) is 0.597. The van der Waals surface area contributed by atoms with Crippen molar-refractivity contribution in [2.24, 2.45) is 0 Å². The monoisotopic (exact) mass is 299 g/mol. The summed E-state index contributed by atoms with van der Waals surface area (Å²) in [6.45, 7) is 4.16. The molecule has 0 amide bonds. The van der Waals surface area contributed by atoms with Gasteiger partial charge in [-0.3, -0.25) is 0 Å². The van der Waals surface area contributed by atoms with Gasteiger partial charge in [0.1, 0.15) is 0 Å². The summed E-state index contributed by atoms with van der Waals surface area (Å²) in [6.07, 6.45) is 2.06. The van der Waals surface area contributed by atoms with Gasteiger partial charge in [0, 0.05) is 6.04 Å². The maximum absolute atomic E-state index is 9.71. The first kappa shape index (κ1) is 14.1. The van der Waals surface area contributed by atoms with Gasteiger partial charge in [0.15, 0.2) is 11.5 Å². The van der Waals surface area contributed by atoms with Crippen molar-refractivity contribution in [3.8, 4) is 11.5 Å². The Morgan fingerprint density at radius 2 is 2.18 bits per heavy atom. The molecule has 0 aliphatic heterocycles. The lowest BCUT2D eigenvalue weighted by Gasteiger charge is -2.12. The second kappa shape index (κ2) is 6.07. The normalized spacial score (nSPS) is 13.6. The van der Waals surface area contributed by atoms with Gasteiger partial charge >= 0.3 is 0 Å². The third-order valence-corrected chi connectivity index (χ3v) is 3.39. The topological polar surface area (TPSA) is 41.5 Å². The van der Waals surface area contributed by atoms with Gasteiger partial charge in [-0.2, -0.15) is 0 Å². The quantitative estimate of drug-likeness (QED) is 0.897. The van der Waals surface area contributed by atoms with Crippen LogP contribution in [0.15, 0.2) is 22.2 Å². The van der Waals surface area contributed by atoms with Gasteiger partial charge in [-0.05, 0) is 54.5 Å². The predicted molar refractivity (Wildman–Crippen MR) is 74.5 cm³/mol. The zero-order chi connectivity index (χ0) is 13.0. The van der Waals surface area contributed by atoms with E-state index in [4.69, 9.17) is 4.74 Å². The van der Waals surface area contributed by atoms with E-state index in [-0.39, 0.29) is 5.75 Å². The molecule has 0 spiro atoms. The Bertz CT molecular complexity index is 430. The zero-order valence-corrected chi connectivity index (χ0v) is 12.1. The van der Waals surface area contributed by atoms with Crippen molar-refractivity contribution in [2.45, 2.75) is 19.9 Å². The summed E-state index contributed by atoms with van der Waals surface area (Å²) in [7, 11) is 3.47. The molecule has 0 aliphatic rings. The lowest BCUT2D eigenvalue weighted by molar-refractivity contribution is 0.372. The average Bonchev–Trinajstić information content (AvgIpc) is 2.32. The minimum atomic E-state index is 0.129. The molecule has 0 radical (unpaired) electrons. The second-order valence-corrected chi connectivity index (χ2v) is 4.81. The van der Waals surface area contributed by atoms with Crippen molar-refractivity contribution in [2.75, 3.05) is 14.2 Å². The van der Waals surface area contributed by atoms with Gasteiger partial charge in [-0.25, -0.2) is 0 Å². The van der Waals surface area contributed by atoms with E-state index in [1.807, 2.05) is 19.2 Å². The van der Waals surface area contributed by atoms with Crippen LogP contribution in [0.4, 0.5) is 0 Å². The SMILES string of the molecule is CNC(C)/C(C)=C/c1cc(Br)c(O)c(OC)c1. The highest BCUT2D eigenvalue weighted by molar-refractivity contribution is 9.10. The van der Waals surface area contributed by atoms with Crippen molar-refractivity contribution < 1.29 is 9.84 Å². The lowest BCUT2D eigenvalue weighted by atomic mass is 10.1. The fraction of sp³-hybridized carbons (Fsp3) is 0.385. The average molecular weight is 300 g/mol. The Labute approximate surface area is 111 Å². The van der Waals surface area contributed by atoms with E-state index in [9.17, 15) is 5.11 Å². The first-order chi connectivity index (χ1) is 7.99. The Morgan fingerprint density at radius 1 is 1.53 bits per heavy atom. The van der Waals surface area contributed by atoms with Crippen molar-refractivity contribution in [1.29, 1.82) is 0 Å². The van der Waals surface area contributed by atoms with Crippen LogP contribution in [0.3, 0.4) is 0 Å². The lowest BCUT2D eigenvalue weighted by Crippen LogP contribution is -2.21. The van der Waals surface area contributed by atoms with Gasteiger partial charge in [0.2, 0.25) is 0 Å². The molecule has 0 saturated carbocycles. The molecule has 4 heteroatoms. The molecular formula is C13H18BrNO2. The van der Waals surface area contributed by atoms with Crippen LogP contribution in [0.5, 0.6) is 11.5 Å². The number of benzene rings is 1. The Balaban J connectivity index is 3.12. The highest BCUT2D eigenvalue weighted by atomic mass is 79.9. The van der Waals surface area contributed by atoms with E-state index in [1.165, 1.54) is 12.7 Å². The van der Waals surface area contributed by atoms with Gasteiger partial charge < -0.3 is 15.2 Å². The van der Waals surface area contributed by atoms with Crippen molar-refractivity contribution in [3.05, 3.63) is 27.7 Å². The fourth-order valence-corrected chi connectivity index (χ4v) is 1.91. The summed E-state index contributed by atoms with van der Waals surface area (Å²) in [5.41, 5.74) is 2.21. The summed E-state index contributed by atoms with van der Waals surface area (Å²) in [5, 5.41) is 12.9. The molecule has 1 aromatic carbocycles. The number of phenolic OH excluding ortho intramolecular Hbond substituents is 1. The predicted octanol–water partition coefficient (Wildman–Crippen LogP) is 3.17. The molecule has 0 bridgehead atoms. The molecule has 2 N–H and O–H groups in total. The third kappa shape index (κ3) is 3.48. The molecular weight excluding hydrogens is 282 g/mol. The number of aromatic hydroxyl groups is 1. The minimum absolute atomic E-state index is 0.129. The number of rotatable bonds is 4. The molecule has 0 fully saturated rings. The summed E-state index contributed by atoms with van der Waals surface area (Å²) in [6, 6.07) is 3.99. The molecule has 3 nitrogen and oxygen atoms in total. The van der Waals surface area contributed by atoms with E-state index in [0.717, 1.165) is 5.56 Å². The van der Waals surface area contributed by atoms with Crippen LogP contribution >= 0.6 is 15.9 Å². The zero-order valence-electron chi connectivity index (χ0n) is 10.5. The number of nitrogens with one attached hydrogen (secondary N) is 1. The number of likely N-dealkylation sites (N-methyl/N-ethyl adjacent to an activating group) is 1. The minimum Gasteiger partial charge on any atom is -0.503 e. The van der Waals surface area contributed by atoms with Crippen LogP contribution in [0, 0.1) is 0 Å². The second-order valence-electron chi connectivity index (χ2n) is 3.95. The van der Waals surface area contributed by atoms with Gasteiger partial charge in [-0.15, -0.1) is 0 Å². The number of hydrogen-bond acceptors (Lipinski definition) is 3. The molecule has 94 valence electrons. The van der Waals surface area contributed by atoms with E-state index >= 15 is 0 Å². The first-order valence-corrected chi connectivity index (χ1v) is 6.20. The van der Waals surface area contributed by atoms with Crippen LogP contribution in [-0.2, 0) is 0 Å². The summed E-state index contributed by atoms with van der Waals surface area (Å²) in [4.78, 5) is 0. The summed E-state index contributed by atoms with van der Waals surface area (Å²) >= 11 is 3.31. The molecule has 0 heterocycles. The number of hydrogen-bond donors (Lipinski definition) is 2. The molecule has 17 heavy (non-hydrogen) atoms. The molecule has 1 atom stereocenters. The number of halogens is 1. The highest BCUT2D eigenvalue weighted by Gasteiger charge is 2.08. The molecule has 0 aromatic heterocycles. The number of phenols is 1. The fourth-order valence-electron chi connectivity index (χ4n) is 1.45. The van der Waals surface area contributed by atoms with Crippen LogP contribution in [0.1, 0.15) is 19.4 Å². The highest BCUT2D eigenvalue weighted by Crippen LogP contribution is 2.35. The summed E-state index contributed by atoms with van der Waals surface area (Å²) < 4.78 is 5.74. The molecule has 1 rings (SSSR count). The Morgan fingerprint density at radius 3 is 2.71 bits per heavy atom. The largest absolute Gasteiger partial charge is 0.503 e. The van der Waals surface area contributed by atoms with Crippen LogP contribution in [-0.4, -0.2) is 25.3 Å². The first-order valence-electron chi connectivity index (χ1n) is 5.41. The molecule has 0 aliphatic carbocycles. The Hall–Kier alpha value is -1.00.